The normalized spacial score (nSPS) is 11.1. The van der Waals surface area contributed by atoms with Crippen LogP contribution in [0.25, 0.3) is 22.5 Å². The van der Waals surface area contributed by atoms with Crippen LogP contribution in [0.5, 0.6) is 0 Å². The van der Waals surface area contributed by atoms with Crippen molar-refractivity contribution in [3.63, 3.8) is 0 Å². The number of halogens is 1. The van der Waals surface area contributed by atoms with E-state index in [1.54, 1.807) is 6.92 Å². The van der Waals surface area contributed by atoms with Crippen molar-refractivity contribution in [2.75, 3.05) is 0 Å². The maximum Gasteiger partial charge on any atom is 0.335 e. The molecule has 9 heteroatoms. The minimum absolute atomic E-state index is 0.136. The van der Waals surface area contributed by atoms with Crippen LogP contribution in [0.3, 0.4) is 0 Å². The second-order valence-electron chi connectivity index (χ2n) is 7.71. The summed E-state index contributed by atoms with van der Waals surface area (Å²) in [6.07, 6.45) is 1.40. The average Bonchev–Trinajstić information content (AvgIpc) is 3.47. The van der Waals surface area contributed by atoms with E-state index in [2.05, 4.69) is 20.6 Å². The van der Waals surface area contributed by atoms with Crippen LogP contribution in [0.15, 0.2) is 53.3 Å². The van der Waals surface area contributed by atoms with E-state index in [1.807, 2.05) is 55.5 Å². The van der Waals surface area contributed by atoms with Crippen LogP contribution in [0.4, 0.5) is 4.39 Å². The number of benzene rings is 2. The maximum absolute atomic E-state index is 13.9. The number of carbonyl (C=O) groups is 1. The molecule has 2 aromatic heterocycles. The molecule has 1 N–H and O–H groups in total. The van der Waals surface area contributed by atoms with Gasteiger partial charge in [-0.1, -0.05) is 68.8 Å². The number of nitrogens with one attached hydrogen (secondary N) is 1. The number of aromatic amines is 1. The van der Waals surface area contributed by atoms with Gasteiger partial charge >= 0.3 is 5.69 Å². The summed E-state index contributed by atoms with van der Waals surface area (Å²) in [5.41, 5.74) is 3.91. The molecule has 0 amide bonds. The van der Waals surface area contributed by atoms with E-state index >= 15 is 0 Å². The molecule has 33 heavy (non-hydrogen) atoms. The van der Waals surface area contributed by atoms with Crippen LogP contribution in [0, 0.1) is 0 Å². The Bertz CT molecular complexity index is 1310. The SMILES string of the molecule is CCCc1c(CF)n(C(=O)CC)c(=O)n1Cc1ccc(-c2ccccc2-c2nn[nH]n2)cc1. The number of rotatable bonds is 8. The smallest absolute Gasteiger partial charge is 0.291 e. The lowest BCUT2D eigenvalue weighted by atomic mass is 9.98. The molecule has 0 radical (unpaired) electrons. The molecule has 4 aromatic rings. The van der Waals surface area contributed by atoms with Crippen molar-refractivity contribution < 1.29 is 9.18 Å². The van der Waals surface area contributed by atoms with Crippen LogP contribution in [-0.2, 0) is 19.6 Å². The summed E-state index contributed by atoms with van der Waals surface area (Å²) in [6.45, 7) is 3.04. The number of hydrogen-bond donors (Lipinski definition) is 1. The monoisotopic (exact) mass is 448 g/mol. The third-order valence-corrected chi connectivity index (χ3v) is 5.64. The Hall–Kier alpha value is -3.88. The molecular formula is C24H25FN6O2. The van der Waals surface area contributed by atoms with E-state index in [0.717, 1.165) is 33.2 Å². The molecule has 0 aliphatic heterocycles. The van der Waals surface area contributed by atoms with E-state index in [-0.39, 0.29) is 18.7 Å². The molecule has 0 atom stereocenters. The zero-order chi connectivity index (χ0) is 23.4. The molecule has 0 aliphatic carbocycles. The molecule has 0 saturated carbocycles. The van der Waals surface area contributed by atoms with Crippen molar-refractivity contribution in [1.82, 2.24) is 29.8 Å². The number of nitrogens with zero attached hydrogens (tertiary/aromatic N) is 5. The van der Waals surface area contributed by atoms with E-state index in [0.29, 0.717) is 17.9 Å². The summed E-state index contributed by atoms with van der Waals surface area (Å²) in [5, 5.41) is 14.3. The number of hydrogen-bond acceptors (Lipinski definition) is 5. The van der Waals surface area contributed by atoms with Gasteiger partial charge in [0.2, 0.25) is 11.7 Å². The van der Waals surface area contributed by atoms with Crippen molar-refractivity contribution in [3.05, 3.63) is 76.0 Å². The lowest BCUT2D eigenvalue weighted by Gasteiger charge is -2.10. The Labute approximate surface area is 190 Å². The highest BCUT2D eigenvalue weighted by Crippen LogP contribution is 2.30. The summed E-state index contributed by atoms with van der Waals surface area (Å²) < 4.78 is 16.4. The van der Waals surface area contributed by atoms with Gasteiger partial charge in [0, 0.05) is 17.7 Å². The molecule has 2 aromatic carbocycles. The molecule has 8 nitrogen and oxygen atoms in total. The minimum atomic E-state index is -0.852. The highest BCUT2D eigenvalue weighted by atomic mass is 19.1. The van der Waals surface area contributed by atoms with Gasteiger partial charge in [0.1, 0.15) is 6.67 Å². The van der Waals surface area contributed by atoms with Crippen LogP contribution < -0.4 is 5.69 Å². The van der Waals surface area contributed by atoms with E-state index in [9.17, 15) is 14.0 Å². The number of tetrazole rings is 1. The summed E-state index contributed by atoms with van der Waals surface area (Å²) in [7, 11) is 0. The second-order valence-corrected chi connectivity index (χ2v) is 7.71. The quantitative estimate of drug-likeness (QED) is 0.439. The lowest BCUT2D eigenvalue weighted by Crippen LogP contribution is -2.30. The van der Waals surface area contributed by atoms with Gasteiger partial charge in [-0.05, 0) is 28.3 Å². The fraction of sp³-hybridized carbons (Fsp3) is 0.292. The van der Waals surface area contributed by atoms with Crippen molar-refractivity contribution in [2.24, 2.45) is 0 Å². The number of aromatic nitrogens is 6. The number of carbonyl (C=O) groups excluding carboxylic acids is 1. The van der Waals surface area contributed by atoms with Gasteiger partial charge < -0.3 is 0 Å². The molecular weight excluding hydrogens is 423 g/mol. The third kappa shape index (κ3) is 4.26. The second kappa shape index (κ2) is 9.72. The highest BCUT2D eigenvalue weighted by molar-refractivity contribution is 5.80. The summed E-state index contributed by atoms with van der Waals surface area (Å²) in [4.78, 5) is 25.4. The largest absolute Gasteiger partial charge is 0.335 e. The van der Waals surface area contributed by atoms with Gasteiger partial charge in [-0.25, -0.2) is 13.8 Å². The van der Waals surface area contributed by atoms with Gasteiger partial charge in [0.25, 0.3) is 0 Å². The maximum atomic E-state index is 13.9. The van der Waals surface area contributed by atoms with E-state index in [4.69, 9.17) is 0 Å². The molecule has 0 aliphatic rings. The molecule has 0 unspecified atom stereocenters. The molecule has 4 rings (SSSR count). The fourth-order valence-corrected chi connectivity index (χ4v) is 4.05. The van der Waals surface area contributed by atoms with Crippen LogP contribution in [-0.4, -0.2) is 35.7 Å². The zero-order valence-electron chi connectivity index (χ0n) is 18.6. The fourth-order valence-electron chi connectivity index (χ4n) is 4.05. The Morgan fingerprint density at radius 3 is 2.36 bits per heavy atom. The van der Waals surface area contributed by atoms with E-state index < -0.39 is 18.3 Å². The zero-order valence-corrected chi connectivity index (χ0v) is 18.6. The van der Waals surface area contributed by atoms with Gasteiger partial charge in [0.05, 0.1) is 12.2 Å². The Kier molecular flexibility index (Phi) is 6.58. The first-order valence-corrected chi connectivity index (χ1v) is 10.9. The summed E-state index contributed by atoms with van der Waals surface area (Å²) >= 11 is 0. The first kappa shape index (κ1) is 22.3. The van der Waals surface area contributed by atoms with Gasteiger partial charge in [0.15, 0.2) is 0 Å². The molecule has 0 fully saturated rings. The van der Waals surface area contributed by atoms with E-state index in [1.165, 1.54) is 4.57 Å². The van der Waals surface area contributed by atoms with Gasteiger partial charge in [-0.2, -0.15) is 5.21 Å². The Morgan fingerprint density at radius 2 is 1.76 bits per heavy atom. The summed E-state index contributed by atoms with van der Waals surface area (Å²) in [6, 6.07) is 15.5. The standard InChI is InChI=1S/C24H25FN6O2/c1-3-7-20-21(14-25)31(22(32)4-2)24(33)30(20)15-16-10-12-17(13-11-16)18-8-5-6-9-19(18)23-26-28-29-27-23/h5-6,8-13H,3-4,7,14-15H2,1-2H3,(H,26,27,28,29). The van der Waals surface area contributed by atoms with Crippen LogP contribution in [0.1, 0.15) is 48.4 Å². The van der Waals surface area contributed by atoms with Crippen molar-refractivity contribution >= 4 is 5.91 Å². The Morgan fingerprint density at radius 1 is 1.03 bits per heavy atom. The van der Waals surface area contributed by atoms with Crippen molar-refractivity contribution in [3.8, 4) is 22.5 Å². The number of alkyl halides is 1. The first-order chi connectivity index (χ1) is 16.1. The number of H-pyrrole nitrogens is 1. The molecule has 0 spiro atoms. The minimum Gasteiger partial charge on any atom is -0.291 e. The van der Waals surface area contributed by atoms with Gasteiger partial charge in [-0.3, -0.25) is 9.36 Å². The topological polar surface area (TPSA) is 98.5 Å². The Balaban J connectivity index is 1.70. The number of imidazole rings is 1. The van der Waals surface area contributed by atoms with Crippen LogP contribution >= 0.6 is 0 Å². The van der Waals surface area contributed by atoms with Crippen molar-refractivity contribution in [2.45, 2.75) is 46.3 Å². The average molecular weight is 449 g/mol. The molecule has 170 valence electrons. The summed E-state index contributed by atoms with van der Waals surface area (Å²) in [5.74, 6) is 0.114. The van der Waals surface area contributed by atoms with Gasteiger partial charge in [-0.15, -0.1) is 10.2 Å². The third-order valence-electron chi connectivity index (χ3n) is 5.64. The molecule has 2 heterocycles. The van der Waals surface area contributed by atoms with Crippen LogP contribution in [0.2, 0.25) is 0 Å². The molecule has 0 saturated heterocycles. The molecule has 0 bridgehead atoms. The predicted octanol–water partition coefficient (Wildman–Crippen LogP) is 4.02. The van der Waals surface area contributed by atoms with Crippen molar-refractivity contribution in [1.29, 1.82) is 0 Å². The first-order valence-electron chi connectivity index (χ1n) is 10.9. The predicted molar refractivity (Wildman–Crippen MR) is 123 cm³/mol. The lowest BCUT2D eigenvalue weighted by molar-refractivity contribution is 0.0898. The highest BCUT2D eigenvalue weighted by Gasteiger charge is 2.22.